The van der Waals surface area contributed by atoms with Crippen LogP contribution in [0.5, 0.6) is 0 Å². The van der Waals surface area contributed by atoms with Gasteiger partial charge in [0.05, 0.1) is 11.6 Å². The van der Waals surface area contributed by atoms with E-state index in [4.69, 9.17) is 0 Å². The van der Waals surface area contributed by atoms with Crippen molar-refractivity contribution in [3.63, 3.8) is 0 Å². The van der Waals surface area contributed by atoms with Crippen LogP contribution in [0.2, 0.25) is 0 Å². The summed E-state index contributed by atoms with van der Waals surface area (Å²) >= 11 is 1.53. The van der Waals surface area contributed by atoms with Gasteiger partial charge in [-0.3, -0.25) is 14.4 Å². The van der Waals surface area contributed by atoms with E-state index in [0.717, 1.165) is 33.5 Å². The Morgan fingerprint density at radius 3 is 2.84 bits per heavy atom. The van der Waals surface area contributed by atoms with E-state index in [9.17, 15) is 18.0 Å². The van der Waals surface area contributed by atoms with Crippen LogP contribution < -0.4 is 4.90 Å². The number of rotatable bonds is 6. The lowest BCUT2D eigenvalue weighted by atomic mass is 9.86. The molecule has 3 rings (SSSR count). The molecule has 134 valence electrons. The molecule has 1 aliphatic rings. The first kappa shape index (κ1) is 17.7. The minimum Gasteiger partial charge on any atom is -0.286 e. The van der Waals surface area contributed by atoms with Crippen molar-refractivity contribution in [2.45, 2.75) is 44.4 Å². The zero-order chi connectivity index (χ0) is 18.0. The van der Waals surface area contributed by atoms with Crippen LogP contribution >= 0.6 is 11.3 Å². The van der Waals surface area contributed by atoms with Crippen LogP contribution in [0.15, 0.2) is 31.1 Å². The Labute approximate surface area is 146 Å². The second-order valence-corrected chi connectivity index (χ2v) is 7.05. The van der Waals surface area contributed by atoms with E-state index in [-0.39, 0.29) is 12.4 Å². The van der Waals surface area contributed by atoms with Crippen LogP contribution in [0, 0.1) is 0 Å². The average molecular weight is 370 g/mol. The number of hydrogen-bond acceptors (Lipinski definition) is 4. The zero-order valence-electron chi connectivity index (χ0n) is 13.4. The van der Waals surface area contributed by atoms with Gasteiger partial charge in [-0.15, -0.1) is 11.3 Å². The molecule has 0 unspecified atom stereocenters. The number of nitrogens with zero attached hydrogens (tertiary/aromatic N) is 4. The molecule has 1 aliphatic carbocycles. The number of halogens is 3. The van der Waals surface area contributed by atoms with Gasteiger partial charge in [0.2, 0.25) is 0 Å². The zero-order valence-corrected chi connectivity index (χ0v) is 14.2. The lowest BCUT2D eigenvalue weighted by Crippen LogP contribution is -2.29. The molecular weight excluding hydrogens is 353 g/mol. The van der Waals surface area contributed by atoms with Crippen LogP contribution in [0.25, 0.3) is 0 Å². The van der Waals surface area contributed by atoms with Gasteiger partial charge in [-0.05, 0) is 18.9 Å². The molecule has 1 amide bonds. The van der Waals surface area contributed by atoms with Crippen molar-refractivity contribution in [2.75, 3.05) is 4.90 Å². The molecule has 25 heavy (non-hydrogen) atoms. The van der Waals surface area contributed by atoms with Crippen molar-refractivity contribution in [3.8, 4) is 0 Å². The normalized spacial score (nSPS) is 15.0. The van der Waals surface area contributed by atoms with E-state index in [1.165, 1.54) is 34.9 Å². The quantitative estimate of drug-likeness (QED) is 0.725. The fraction of sp³-hybridized carbons (Fsp3) is 0.438. The van der Waals surface area contributed by atoms with E-state index >= 15 is 0 Å². The maximum Gasteiger partial charge on any atom is 0.408 e. The van der Waals surface area contributed by atoms with E-state index in [2.05, 4.69) is 16.7 Å². The van der Waals surface area contributed by atoms with Crippen LogP contribution in [-0.4, -0.2) is 26.8 Å². The number of amides is 1. The molecule has 0 spiro atoms. The van der Waals surface area contributed by atoms with Crippen molar-refractivity contribution in [2.24, 2.45) is 0 Å². The first-order valence-corrected chi connectivity index (χ1v) is 8.66. The van der Waals surface area contributed by atoms with E-state index < -0.39 is 18.6 Å². The predicted octanol–water partition coefficient (Wildman–Crippen LogP) is 3.89. The highest BCUT2D eigenvalue weighted by atomic mass is 32.1. The van der Waals surface area contributed by atoms with Crippen LogP contribution in [0.4, 0.5) is 19.0 Å². The fourth-order valence-electron chi connectivity index (χ4n) is 2.54. The number of aromatic nitrogens is 3. The summed E-state index contributed by atoms with van der Waals surface area (Å²) in [6.45, 7) is 2.46. The van der Waals surface area contributed by atoms with Crippen molar-refractivity contribution < 1.29 is 18.0 Å². The molecule has 0 atom stereocenters. The summed E-state index contributed by atoms with van der Waals surface area (Å²) in [6.07, 6.45) is 3.14. The van der Waals surface area contributed by atoms with Crippen LogP contribution in [-0.2, 0) is 17.9 Å². The third kappa shape index (κ3) is 4.28. The summed E-state index contributed by atoms with van der Waals surface area (Å²) in [7, 11) is 0. The van der Waals surface area contributed by atoms with Crippen molar-refractivity contribution in [1.29, 1.82) is 0 Å². The molecule has 1 fully saturated rings. The van der Waals surface area contributed by atoms with Gasteiger partial charge in [0, 0.05) is 29.3 Å². The van der Waals surface area contributed by atoms with Crippen LogP contribution in [0.1, 0.15) is 35.1 Å². The molecule has 5 nitrogen and oxygen atoms in total. The topological polar surface area (TPSA) is 51.0 Å². The Balaban J connectivity index is 1.76. The molecule has 1 saturated carbocycles. The number of anilines is 1. The molecule has 0 aliphatic heterocycles. The molecular formula is C16H17F3N4OS. The lowest BCUT2D eigenvalue weighted by molar-refractivity contribution is -0.142. The summed E-state index contributed by atoms with van der Waals surface area (Å²) in [5.74, 6) is 0.233. The Hall–Kier alpha value is -2.16. The van der Waals surface area contributed by atoms with E-state index in [1.807, 2.05) is 0 Å². The highest BCUT2D eigenvalue weighted by molar-refractivity contribution is 7.11. The fourth-order valence-corrected chi connectivity index (χ4v) is 3.62. The highest BCUT2D eigenvalue weighted by Crippen LogP contribution is 2.38. The number of hydrogen-bond donors (Lipinski definition) is 0. The third-order valence-electron chi connectivity index (χ3n) is 4.02. The van der Waals surface area contributed by atoms with Gasteiger partial charge >= 0.3 is 6.18 Å². The molecule has 0 bridgehead atoms. The van der Waals surface area contributed by atoms with Gasteiger partial charge in [0.25, 0.3) is 5.91 Å². The van der Waals surface area contributed by atoms with Gasteiger partial charge in [-0.2, -0.15) is 18.3 Å². The third-order valence-corrected chi connectivity index (χ3v) is 5.17. The molecule has 0 radical (unpaired) electrons. The first-order chi connectivity index (χ1) is 11.9. The second kappa shape index (κ2) is 6.99. The maximum atomic E-state index is 12.5. The number of carbonyl (C=O) groups excluding carboxylic acids is 1. The summed E-state index contributed by atoms with van der Waals surface area (Å²) in [5, 5.41) is 4.92. The van der Waals surface area contributed by atoms with Gasteiger partial charge in [-0.1, -0.05) is 13.0 Å². The average Bonchev–Trinajstić information content (AvgIpc) is 3.10. The standard InChI is InChI=1S/C16H17F3N4OS/c1-2-14(24)23(13-6-7-22(21-13)10-16(17,18)19)9-12-8-20-15(25-12)11-4-3-5-11/h2,6-8,11H,1,3-5,9-10H2. The molecule has 9 heteroatoms. The van der Waals surface area contributed by atoms with Gasteiger partial charge in [0.15, 0.2) is 5.82 Å². The highest BCUT2D eigenvalue weighted by Gasteiger charge is 2.29. The second-order valence-electron chi connectivity index (χ2n) is 5.91. The van der Waals surface area contributed by atoms with E-state index in [0.29, 0.717) is 5.92 Å². The van der Waals surface area contributed by atoms with E-state index in [1.54, 1.807) is 6.20 Å². The number of thiazole rings is 1. The number of alkyl halides is 3. The minimum atomic E-state index is -4.37. The van der Waals surface area contributed by atoms with Gasteiger partial charge in [-0.25, -0.2) is 4.98 Å². The molecule has 0 aromatic carbocycles. The van der Waals surface area contributed by atoms with Gasteiger partial charge < -0.3 is 0 Å². The Kier molecular flexibility index (Phi) is 4.94. The molecule has 0 saturated heterocycles. The summed E-state index contributed by atoms with van der Waals surface area (Å²) in [5.41, 5.74) is 0. The summed E-state index contributed by atoms with van der Waals surface area (Å²) < 4.78 is 38.2. The summed E-state index contributed by atoms with van der Waals surface area (Å²) in [4.78, 5) is 18.7. The monoisotopic (exact) mass is 370 g/mol. The first-order valence-electron chi connectivity index (χ1n) is 7.84. The van der Waals surface area contributed by atoms with Crippen LogP contribution in [0.3, 0.4) is 0 Å². The van der Waals surface area contributed by atoms with Crippen molar-refractivity contribution >= 4 is 23.1 Å². The van der Waals surface area contributed by atoms with Crippen molar-refractivity contribution in [1.82, 2.24) is 14.8 Å². The maximum absolute atomic E-state index is 12.5. The predicted molar refractivity (Wildman–Crippen MR) is 88.4 cm³/mol. The molecule has 2 heterocycles. The largest absolute Gasteiger partial charge is 0.408 e. The summed E-state index contributed by atoms with van der Waals surface area (Å²) in [6, 6.07) is 1.39. The molecule has 0 N–H and O–H groups in total. The van der Waals surface area contributed by atoms with Gasteiger partial charge in [0.1, 0.15) is 6.54 Å². The molecule has 2 aromatic heterocycles. The smallest absolute Gasteiger partial charge is 0.286 e. The Morgan fingerprint density at radius 2 is 2.24 bits per heavy atom. The SMILES string of the molecule is C=CC(=O)N(Cc1cnc(C2CCC2)s1)c1ccn(CC(F)(F)F)n1. The molecule has 2 aromatic rings. The minimum absolute atomic E-state index is 0.160. The Morgan fingerprint density at radius 1 is 1.48 bits per heavy atom. The van der Waals surface area contributed by atoms with Crippen molar-refractivity contribution in [3.05, 3.63) is 41.0 Å². The number of carbonyl (C=O) groups is 1. The lowest BCUT2D eigenvalue weighted by Gasteiger charge is -2.22. The Bertz CT molecular complexity index is 764.